The van der Waals surface area contributed by atoms with Gasteiger partial charge in [0.1, 0.15) is 5.78 Å². The maximum atomic E-state index is 12.4. The molecule has 2 radical (unpaired) electrons. The topological polar surface area (TPSA) is 59.4 Å². The Morgan fingerprint density at radius 1 is 1.17 bits per heavy atom. The molecule has 0 aliphatic rings. The van der Waals surface area contributed by atoms with Crippen molar-refractivity contribution in [3.05, 3.63) is 36.0 Å². The second-order valence-corrected chi connectivity index (χ2v) is 6.20. The average Bonchev–Trinajstić information content (AvgIpc) is 2.88. The molecule has 0 aliphatic heterocycles. The molecule has 5 nitrogen and oxygen atoms in total. The van der Waals surface area contributed by atoms with Crippen molar-refractivity contribution in [1.82, 2.24) is 9.47 Å². The predicted molar refractivity (Wildman–Crippen MR) is 94.4 cm³/mol. The van der Waals surface area contributed by atoms with Crippen LogP contribution in [0.2, 0.25) is 0 Å². The van der Waals surface area contributed by atoms with Gasteiger partial charge in [-0.3, -0.25) is 19.1 Å². The fourth-order valence-electron chi connectivity index (χ4n) is 2.87. The number of carbonyl (C=O) groups is 3. The second kappa shape index (κ2) is 7.58. The quantitative estimate of drug-likeness (QED) is 0.729. The lowest BCUT2D eigenvalue weighted by Gasteiger charge is -2.21. The summed E-state index contributed by atoms with van der Waals surface area (Å²) in [5, 5.41) is 0.943. The minimum atomic E-state index is -0.496. The summed E-state index contributed by atoms with van der Waals surface area (Å²) < 4.78 is 1.56. The fraction of sp³-hybridized carbons (Fsp3) is 0.389. The molecular weight excluding hydrogens is 303 g/mol. The van der Waals surface area contributed by atoms with Crippen molar-refractivity contribution in [2.45, 2.75) is 32.2 Å². The van der Waals surface area contributed by atoms with Gasteiger partial charge in [0.2, 0.25) is 5.91 Å². The molecule has 0 fully saturated rings. The third kappa shape index (κ3) is 4.00. The van der Waals surface area contributed by atoms with Gasteiger partial charge >= 0.3 is 0 Å². The first kappa shape index (κ1) is 18.1. The van der Waals surface area contributed by atoms with Crippen LogP contribution in [0.3, 0.4) is 0 Å². The molecule has 0 aliphatic carbocycles. The van der Waals surface area contributed by atoms with Gasteiger partial charge in [-0.2, -0.15) is 0 Å². The van der Waals surface area contributed by atoms with Crippen LogP contribution in [-0.2, 0) is 16.0 Å². The lowest BCUT2D eigenvalue weighted by atomic mass is 9.98. The molecule has 1 heterocycles. The Balaban J connectivity index is 2.40. The highest BCUT2D eigenvalue weighted by atomic mass is 16.2. The molecule has 2 aromatic rings. The highest BCUT2D eigenvalue weighted by Crippen LogP contribution is 2.24. The minimum Gasteiger partial charge on any atom is -0.313 e. The lowest BCUT2D eigenvalue weighted by Crippen LogP contribution is -2.36. The number of nitrogens with zero attached hydrogens (tertiary/aromatic N) is 2. The molecule has 24 heavy (non-hydrogen) atoms. The number of para-hydroxylation sites is 1. The number of aromatic nitrogens is 1. The Hall–Kier alpha value is -2.21. The minimum absolute atomic E-state index is 0.0223. The van der Waals surface area contributed by atoms with Crippen LogP contribution in [0.4, 0.5) is 0 Å². The first-order valence-corrected chi connectivity index (χ1v) is 7.88. The number of hydrogen-bond acceptors (Lipinski definition) is 4. The zero-order valence-electron chi connectivity index (χ0n) is 14.3. The van der Waals surface area contributed by atoms with E-state index in [4.69, 9.17) is 7.85 Å². The molecule has 0 bridgehead atoms. The number of Topliss-reactive ketones (excluding diaryl/α,β-unsaturated/α-hetero) is 1. The van der Waals surface area contributed by atoms with E-state index < -0.39 is 5.68 Å². The third-order valence-electron chi connectivity index (χ3n) is 4.15. The van der Waals surface area contributed by atoms with Crippen molar-refractivity contribution in [2.24, 2.45) is 0 Å². The van der Waals surface area contributed by atoms with E-state index in [0.717, 1.165) is 16.5 Å². The monoisotopic (exact) mass is 324 g/mol. The largest absolute Gasteiger partial charge is 0.313 e. The van der Waals surface area contributed by atoms with E-state index in [1.54, 1.807) is 17.7 Å². The van der Waals surface area contributed by atoms with Crippen LogP contribution in [0.1, 0.15) is 30.1 Å². The molecular formula is C18H21BN2O3. The molecule has 1 aromatic carbocycles. The van der Waals surface area contributed by atoms with Gasteiger partial charge in [0, 0.05) is 24.4 Å². The average molecular weight is 324 g/mol. The van der Waals surface area contributed by atoms with Crippen LogP contribution in [0.15, 0.2) is 30.5 Å². The first-order chi connectivity index (χ1) is 11.3. The second-order valence-electron chi connectivity index (χ2n) is 6.20. The molecule has 0 saturated carbocycles. The fourth-order valence-corrected chi connectivity index (χ4v) is 2.87. The van der Waals surface area contributed by atoms with Crippen LogP contribution in [0.5, 0.6) is 0 Å². The number of hydrogen-bond donors (Lipinski definition) is 0. The summed E-state index contributed by atoms with van der Waals surface area (Å²) in [6, 6.07) is 7.32. The Morgan fingerprint density at radius 2 is 1.83 bits per heavy atom. The molecule has 0 amide bonds. The van der Waals surface area contributed by atoms with Gasteiger partial charge in [-0.05, 0) is 39.1 Å². The van der Waals surface area contributed by atoms with Gasteiger partial charge in [-0.15, -0.1) is 0 Å². The molecule has 0 spiro atoms. The highest BCUT2D eigenvalue weighted by Gasteiger charge is 2.21. The standard InChI is InChI=1S/C18H21BN2O3/c1-12(22)16(20(2)3)10-13-11-21(18(24)9-8-17(19)23)15-7-5-4-6-14(13)15/h4-7,11,16H,8-10H2,1-3H3/t16-/m0/s1. The third-order valence-corrected chi connectivity index (χ3v) is 4.15. The van der Waals surface area contributed by atoms with Gasteiger partial charge in [0.25, 0.3) is 0 Å². The summed E-state index contributed by atoms with van der Waals surface area (Å²) in [5.41, 5.74) is 1.22. The molecule has 124 valence electrons. The normalized spacial score (nSPS) is 12.5. The summed E-state index contributed by atoms with van der Waals surface area (Å²) in [5.74, 6) is -0.0997. The molecule has 2 rings (SSSR count). The van der Waals surface area contributed by atoms with E-state index in [-0.39, 0.29) is 30.6 Å². The van der Waals surface area contributed by atoms with Gasteiger partial charge in [-0.25, -0.2) is 0 Å². The Kier molecular flexibility index (Phi) is 5.73. The van der Waals surface area contributed by atoms with Crippen LogP contribution in [0.25, 0.3) is 10.9 Å². The smallest absolute Gasteiger partial charge is 0.231 e. The summed E-state index contributed by atoms with van der Waals surface area (Å²) in [6.07, 6.45) is 2.39. The Bertz CT molecular complexity index is 780. The molecule has 1 aromatic heterocycles. The van der Waals surface area contributed by atoms with Crippen molar-refractivity contribution in [1.29, 1.82) is 0 Å². The maximum absolute atomic E-state index is 12.4. The SMILES string of the molecule is [B]C(=O)CCC(=O)n1cc(C[C@@H](C(C)=O)N(C)C)c2ccccc21. The van der Waals surface area contributed by atoms with Gasteiger partial charge in [-0.1, -0.05) is 18.2 Å². The molecule has 0 saturated heterocycles. The zero-order valence-corrected chi connectivity index (χ0v) is 14.3. The summed E-state index contributed by atoms with van der Waals surface area (Å²) in [4.78, 5) is 37.1. The van der Waals surface area contributed by atoms with Crippen molar-refractivity contribution in [2.75, 3.05) is 14.1 Å². The summed E-state index contributed by atoms with van der Waals surface area (Å²) >= 11 is 0. The van der Waals surface area contributed by atoms with Crippen LogP contribution in [-0.4, -0.2) is 54.8 Å². The van der Waals surface area contributed by atoms with E-state index in [0.29, 0.717) is 6.42 Å². The van der Waals surface area contributed by atoms with Gasteiger partial charge < -0.3 is 4.79 Å². The number of fused-ring (bicyclic) bond motifs is 1. The van der Waals surface area contributed by atoms with Crippen molar-refractivity contribution >= 4 is 36.1 Å². The Morgan fingerprint density at radius 3 is 2.42 bits per heavy atom. The molecule has 0 N–H and O–H groups in total. The number of likely N-dealkylation sites (N-methyl/N-ethyl adjacent to an activating group) is 1. The van der Waals surface area contributed by atoms with Crippen LogP contribution >= 0.6 is 0 Å². The maximum Gasteiger partial charge on any atom is 0.231 e. The van der Waals surface area contributed by atoms with E-state index >= 15 is 0 Å². The van der Waals surface area contributed by atoms with Crippen LogP contribution < -0.4 is 0 Å². The predicted octanol–water partition coefficient (Wildman–Crippen LogP) is 1.82. The molecule has 1 atom stereocenters. The number of rotatable bonds is 7. The van der Waals surface area contributed by atoms with E-state index in [1.807, 2.05) is 43.3 Å². The van der Waals surface area contributed by atoms with Crippen molar-refractivity contribution in [3.63, 3.8) is 0 Å². The lowest BCUT2D eigenvalue weighted by molar-refractivity contribution is -0.121. The van der Waals surface area contributed by atoms with Gasteiger partial charge in [0.15, 0.2) is 7.85 Å². The van der Waals surface area contributed by atoms with E-state index in [2.05, 4.69) is 0 Å². The molecule has 6 heteroatoms. The number of carbonyl (C=O) groups excluding carboxylic acids is 3. The molecule has 0 unspecified atom stereocenters. The first-order valence-electron chi connectivity index (χ1n) is 7.88. The summed E-state index contributed by atoms with van der Waals surface area (Å²) in [7, 11) is 8.85. The zero-order chi connectivity index (χ0) is 17.9. The number of benzene rings is 1. The van der Waals surface area contributed by atoms with Crippen molar-refractivity contribution in [3.8, 4) is 0 Å². The number of ketones is 1. The highest BCUT2D eigenvalue weighted by molar-refractivity contribution is 6.57. The van der Waals surface area contributed by atoms with E-state index in [9.17, 15) is 14.4 Å². The Labute approximate surface area is 143 Å². The van der Waals surface area contributed by atoms with Crippen LogP contribution in [0, 0.1) is 0 Å². The summed E-state index contributed by atoms with van der Waals surface area (Å²) in [6.45, 7) is 1.57. The van der Waals surface area contributed by atoms with Crippen molar-refractivity contribution < 1.29 is 14.4 Å². The van der Waals surface area contributed by atoms with E-state index in [1.165, 1.54) is 0 Å². The van der Waals surface area contributed by atoms with Gasteiger partial charge in [0.05, 0.1) is 17.2 Å².